The Morgan fingerprint density at radius 1 is 1.42 bits per heavy atom. The van der Waals surface area contributed by atoms with Crippen LogP contribution in [-0.4, -0.2) is 16.7 Å². The molecule has 1 aromatic carbocycles. The van der Waals surface area contributed by atoms with Crippen LogP contribution in [0.5, 0.6) is 5.75 Å². The van der Waals surface area contributed by atoms with Crippen LogP contribution in [0.1, 0.15) is 24.2 Å². The lowest BCUT2D eigenvalue weighted by Crippen LogP contribution is -2.06. The molecule has 0 aliphatic heterocycles. The fourth-order valence-corrected chi connectivity index (χ4v) is 1.96. The molecule has 0 aliphatic rings. The number of nitrogens with zero attached hydrogens (tertiary/aromatic N) is 2. The van der Waals surface area contributed by atoms with Crippen LogP contribution in [0.2, 0.25) is 5.02 Å². The van der Waals surface area contributed by atoms with E-state index in [2.05, 4.69) is 10.1 Å². The Morgan fingerprint density at radius 3 is 2.95 bits per heavy atom. The second kappa shape index (κ2) is 6.54. The third kappa shape index (κ3) is 3.45. The molecule has 0 saturated carbocycles. The Balaban J connectivity index is 2.08. The molecule has 6 heteroatoms. The summed E-state index contributed by atoms with van der Waals surface area (Å²) in [5.74, 6) is 1.84. The molecule has 2 rings (SSSR count). The van der Waals surface area contributed by atoms with Gasteiger partial charge in [-0.3, -0.25) is 0 Å². The van der Waals surface area contributed by atoms with E-state index in [-0.39, 0.29) is 6.61 Å². The molecule has 0 aliphatic carbocycles. The van der Waals surface area contributed by atoms with Gasteiger partial charge in [0.1, 0.15) is 5.75 Å². The lowest BCUT2D eigenvalue weighted by Gasteiger charge is -2.10. The monoisotopic (exact) mass is 281 g/mol. The van der Waals surface area contributed by atoms with Crippen molar-refractivity contribution in [3.05, 3.63) is 40.5 Å². The van der Waals surface area contributed by atoms with E-state index in [0.717, 1.165) is 5.56 Å². The minimum atomic E-state index is 0.251. The largest absolute Gasteiger partial charge is 0.485 e. The molecule has 5 nitrogen and oxygen atoms in total. The average molecular weight is 282 g/mol. The second-order valence-electron chi connectivity index (χ2n) is 4.00. The molecule has 2 aromatic rings. The minimum Gasteiger partial charge on any atom is -0.485 e. The van der Waals surface area contributed by atoms with Gasteiger partial charge in [0.15, 0.2) is 6.61 Å². The highest BCUT2D eigenvalue weighted by molar-refractivity contribution is 6.31. The second-order valence-corrected chi connectivity index (χ2v) is 4.41. The van der Waals surface area contributed by atoms with Gasteiger partial charge in [-0.2, -0.15) is 4.98 Å². The van der Waals surface area contributed by atoms with Gasteiger partial charge in [-0.15, -0.1) is 0 Å². The number of halogens is 1. The van der Waals surface area contributed by atoms with Crippen molar-refractivity contribution in [1.29, 1.82) is 0 Å². The van der Waals surface area contributed by atoms with Gasteiger partial charge in [0, 0.05) is 17.0 Å². The van der Waals surface area contributed by atoms with E-state index < -0.39 is 0 Å². The number of aromatic nitrogens is 2. The first-order valence-corrected chi connectivity index (χ1v) is 6.54. The number of nitrogens with two attached hydrogens (primary N) is 1. The molecule has 0 radical (unpaired) electrons. The summed E-state index contributed by atoms with van der Waals surface area (Å²) in [6.45, 7) is 2.72. The van der Waals surface area contributed by atoms with Gasteiger partial charge >= 0.3 is 0 Å². The molecule has 2 N–H and O–H groups in total. The molecule has 0 bridgehead atoms. The van der Waals surface area contributed by atoms with Crippen molar-refractivity contribution in [3.63, 3.8) is 0 Å². The van der Waals surface area contributed by atoms with E-state index in [4.69, 9.17) is 26.6 Å². The maximum atomic E-state index is 6.13. The molecule has 0 atom stereocenters. The summed E-state index contributed by atoms with van der Waals surface area (Å²) < 4.78 is 10.7. The Labute approximate surface area is 116 Å². The van der Waals surface area contributed by atoms with E-state index >= 15 is 0 Å². The van der Waals surface area contributed by atoms with Crippen LogP contribution in [0.15, 0.2) is 22.7 Å². The summed E-state index contributed by atoms with van der Waals surface area (Å²) in [5.41, 5.74) is 6.48. The first-order valence-electron chi connectivity index (χ1n) is 6.16. The summed E-state index contributed by atoms with van der Waals surface area (Å²) in [5, 5.41) is 4.49. The van der Waals surface area contributed by atoms with Crippen LogP contribution in [0, 0.1) is 0 Å². The number of hydrogen-bond acceptors (Lipinski definition) is 5. The maximum Gasteiger partial charge on any atom is 0.226 e. The molecule has 0 spiro atoms. The van der Waals surface area contributed by atoms with Gasteiger partial charge in [0.05, 0.1) is 0 Å². The lowest BCUT2D eigenvalue weighted by atomic mass is 10.1. The lowest BCUT2D eigenvalue weighted by molar-refractivity contribution is 0.282. The van der Waals surface area contributed by atoms with Gasteiger partial charge in [0.25, 0.3) is 0 Å². The SMILES string of the molecule is CCc1nc(COc2cccc(Cl)c2CCN)no1. The molecule has 102 valence electrons. The number of rotatable bonds is 6. The van der Waals surface area contributed by atoms with Crippen LogP contribution in [0.3, 0.4) is 0 Å². The van der Waals surface area contributed by atoms with Crippen LogP contribution < -0.4 is 10.5 Å². The van der Waals surface area contributed by atoms with E-state index in [1.54, 1.807) is 0 Å². The van der Waals surface area contributed by atoms with Gasteiger partial charge in [-0.1, -0.05) is 29.7 Å². The van der Waals surface area contributed by atoms with Crippen molar-refractivity contribution in [2.24, 2.45) is 5.73 Å². The van der Waals surface area contributed by atoms with Gasteiger partial charge in [0.2, 0.25) is 11.7 Å². The summed E-state index contributed by atoms with van der Waals surface area (Å²) in [4.78, 5) is 4.18. The summed E-state index contributed by atoms with van der Waals surface area (Å²) in [7, 11) is 0. The summed E-state index contributed by atoms with van der Waals surface area (Å²) in [6, 6.07) is 5.52. The summed E-state index contributed by atoms with van der Waals surface area (Å²) in [6.07, 6.45) is 1.38. The van der Waals surface area contributed by atoms with Gasteiger partial charge in [-0.25, -0.2) is 0 Å². The third-order valence-electron chi connectivity index (χ3n) is 2.64. The number of benzene rings is 1. The van der Waals surface area contributed by atoms with Crippen LogP contribution >= 0.6 is 11.6 Å². The van der Waals surface area contributed by atoms with Crippen molar-refractivity contribution in [1.82, 2.24) is 10.1 Å². The van der Waals surface area contributed by atoms with Crippen molar-refractivity contribution < 1.29 is 9.26 Å². The Bertz CT molecular complexity index is 542. The van der Waals surface area contributed by atoms with Crippen LogP contribution in [-0.2, 0) is 19.4 Å². The molecular formula is C13H16ClN3O2. The fourth-order valence-electron chi connectivity index (χ4n) is 1.70. The minimum absolute atomic E-state index is 0.251. The van der Waals surface area contributed by atoms with E-state index in [9.17, 15) is 0 Å². The van der Waals surface area contributed by atoms with Crippen molar-refractivity contribution >= 4 is 11.6 Å². The molecule has 19 heavy (non-hydrogen) atoms. The van der Waals surface area contributed by atoms with E-state index in [1.807, 2.05) is 25.1 Å². The molecule has 1 aromatic heterocycles. The van der Waals surface area contributed by atoms with Crippen molar-refractivity contribution in [3.8, 4) is 5.75 Å². The number of ether oxygens (including phenoxy) is 1. The highest BCUT2D eigenvalue weighted by atomic mass is 35.5. The summed E-state index contributed by atoms with van der Waals surface area (Å²) >= 11 is 6.13. The first-order chi connectivity index (χ1) is 9.24. The quantitative estimate of drug-likeness (QED) is 0.880. The van der Waals surface area contributed by atoms with E-state index in [0.29, 0.717) is 41.9 Å². The Hall–Kier alpha value is -1.59. The first kappa shape index (κ1) is 13.8. The van der Waals surface area contributed by atoms with Gasteiger partial charge < -0.3 is 15.0 Å². The van der Waals surface area contributed by atoms with Crippen LogP contribution in [0.4, 0.5) is 0 Å². The zero-order valence-corrected chi connectivity index (χ0v) is 11.5. The van der Waals surface area contributed by atoms with Gasteiger partial charge in [-0.05, 0) is 25.1 Å². The smallest absolute Gasteiger partial charge is 0.226 e. The van der Waals surface area contributed by atoms with E-state index in [1.165, 1.54) is 0 Å². The molecular weight excluding hydrogens is 266 g/mol. The zero-order valence-electron chi connectivity index (χ0n) is 10.7. The predicted octanol–water partition coefficient (Wildman–Crippen LogP) is 2.37. The molecule has 0 saturated heterocycles. The Kier molecular flexibility index (Phi) is 4.76. The predicted molar refractivity (Wildman–Crippen MR) is 72.2 cm³/mol. The molecule has 1 heterocycles. The number of hydrogen-bond donors (Lipinski definition) is 1. The third-order valence-corrected chi connectivity index (χ3v) is 2.99. The van der Waals surface area contributed by atoms with Crippen molar-refractivity contribution in [2.45, 2.75) is 26.4 Å². The highest BCUT2D eigenvalue weighted by Gasteiger charge is 2.10. The highest BCUT2D eigenvalue weighted by Crippen LogP contribution is 2.27. The Morgan fingerprint density at radius 2 is 2.26 bits per heavy atom. The molecule has 0 unspecified atom stereocenters. The normalized spacial score (nSPS) is 10.7. The topological polar surface area (TPSA) is 74.2 Å². The van der Waals surface area contributed by atoms with Crippen LogP contribution in [0.25, 0.3) is 0 Å². The molecule has 0 fully saturated rings. The zero-order chi connectivity index (χ0) is 13.7. The fraction of sp³-hybridized carbons (Fsp3) is 0.385. The average Bonchev–Trinajstić information content (AvgIpc) is 2.87. The maximum absolute atomic E-state index is 6.13. The van der Waals surface area contributed by atoms with Crippen molar-refractivity contribution in [2.75, 3.05) is 6.54 Å². The number of aryl methyl sites for hydroxylation is 1. The molecule has 0 amide bonds. The standard InChI is InChI=1S/C13H16ClN3O2/c1-2-13-16-12(17-19-13)8-18-11-5-3-4-10(14)9(11)6-7-15/h3-5H,2,6-8,15H2,1H3.